The van der Waals surface area contributed by atoms with Gasteiger partial charge in [-0.15, -0.1) is 0 Å². The fourth-order valence-electron chi connectivity index (χ4n) is 3.54. The Morgan fingerprint density at radius 1 is 1.21 bits per heavy atom. The van der Waals surface area contributed by atoms with Crippen molar-refractivity contribution in [3.8, 4) is 0 Å². The van der Waals surface area contributed by atoms with E-state index < -0.39 is 15.3 Å². The first-order chi connectivity index (χ1) is 11.4. The molecule has 2 aliphatic rings. The van der Waals surface area contributed by atoms with Crippen molar-refractivity contribution >= 4 is 15.7 Å². The van der Waals surface area contributed by atoms with Gasteiger partial charge in [-0.3, -0.25) is 4.79 Å². The van der Waals surface area contributed by atoms with E-state index in [1.807, 2.05) is 0 Å². The summed E-state index contributed by atoms with van der Waals surface area (Å²) in [5.74, 6) is 0.0371. The van der Waals surface area contributed by atoms with Crippen molar-refractivity contribution in [3.63, 3.8) is 0 Å². The van der Waals surface area contributed by atoms with Crippen LogP contribution in [0.2, 0.25) is 0 Å². The van der Waals surface area contributed by atoms with Crippen LogP contribution in [-0.2, 0) is 24.8 Å². The first kappa shape index (κ1) is 17.4. The first-order valence-electron chi connectivity index (χ1n) is 8.62. The van der Waals surface area contributed by atoms with E-state index in [0.717, 1.165) is 50.7 Å². The molecular weight excluding hydrogens is 326 g/mol. The Morgan fingerprint density at radius 2 is 1.92 bits per heavy atom. The van der Waals surface area contributed by atoms with Gasteiger partial charge in [0.15, 0.2) is 9.84 Å². The van der Waals surface area contributed by atoms with Crippen LogP contribution in [0, 0.1) is 0 Å². The van der Waals surface area contributed by atoms with Crippen LogP contribution in [0.1, 0.15) is 44.1 Å². The van der Waals surface area contributed by atoms with E-state index in [-0.39, 0.29) is 16.9 Å². The summed E-state index contributed by atoms with van der Waals surface area (Å²) < 4.78 is 28.9. The van der Waals surface area contributed by atoms with Crippen molar-refractivity contribution in [3.05, 3.63) is 29.8 Å². The molecule has 0 unspecified atom stereocenters. The Labute approximate surface area is 143 Å². The Morgan fingerprint density at radius 3 is 2.42 bits per heavy atom. The third-order valence-corrected chi connectivity index (χ3v) is 6.37. The van der Waals surface area contributed by atoms with Crippen molar-refractivity contribution < 1.29 is 17.9 Å². The molecule has 1 saturated heterocycles. The molecule has 1 aromatic carbocycles. The molecule has 1 saturated carbocycles. The standard InChI is InChI=1S/C18H25NO4S/c1-24(21,22)16-8-6-14(7-9-16)18(10-4-11-18)17(20)19-13-15-5-2-3-12-23-15/h6-9,15H,2-5,10-13H2,1H3,(H,19,20)/t15-/m0/s1. The average molecular weight is 351 g/mol. The normalized spacial score (nSPS) is 23.3. The molecule has 0 spiro atoms. The van der Waals surface area contributed by atoms with Gasteiger partial charge in [0.2, 0.25) is 5.91 Å². The third kappa shape index (κ3) is 3.49. The Hall–Kier alpha value is -1.40. The molecule has 1 heterocycles. The summed E-state index contributed by atoms with van der Waals surface area (Å²) in [5, 5.41) is 3.06. The minimum Gasteiger partial charge on any atom is -0.376 e. The third-order valence-electron chi connectivity index (χ3n) is 5.24. The Kier molecular flexibility index (Phi) is 4.97. The second-order valence-corrected chi connectivity index (χ2v) is 8.95. The van der Waals surface area contributed by atoms with Gasteiger partial charge < -0.3 is 10.1 Å². The maximum Gasteiger partial charge on any atom is 0.230 e. The van der Waals surface area contributed by atoms with Gasteiger partial charge in [-0.05, 0) is 49.8 Å². The number of ether oxygens (including phenoxy) is 1. The highest BCUT2D eigenvalue weighted by Crippen LogP contribution is 2.44. The van der Waals surface area contributed by atoms with Crippen LogP contribution in [0.15, 0.2) is 29.2 Å². The zero-order valence-corrected chi connectivity index (χ0v) is 14.9. The lowest BCUT2D eigenvalue weighted by molar-refractivity contribution is -0.130. The maximum atomic E-state index is 12.8. The van der Waals surface area contributed by atoms with Crippen molar-refractivity contribution in [1.82, 2.24) is 5.32 Å². The zero-order chi connectivity index (χ0) is 17.2. The average Bonchev–Trinajstić information content (AvgIpc) is 2.52. The Balaban J connectivity index is 1.70. The molecule has 1 aliphatic carbocycles. The van der Waals surface area contributed by atoms with Gasteiger partial charge in [-0.25, -0.2) is 8.42 Å². The fraction of sp³-hybridized carbons (Fsp3) is 0.611. The first-order valence-corrected chi connectivity index (χ1v) is 10.5. The summed E-state index contributed by atoms with van der Waals surface area (Å²) in [4.78, 5) is 13.1. The van der Waals surface area contributed by atoms with E-state index in [9.17, 15) is 13.2 Å². The lowest BCUT2D eigenvalue weighted by atomic mass is 9.64. The minimum atomic E-state index is -3.22. The van der Waals surface area contributed by atoms with E-state index in [0.29, 0.717) is 6.54 Å². The van der Waals surface area contributed by atoms with E-state index in [4.69, 9.17) is 4.74 Å². The van der Waals surface area contributed by atoms with Crippen LogP contribution in [0.3, 0.4) is 0 Å². The predicted molar refractivity (Wildman–Crippen MR) is 91.7 cm³/mol. The molecule has 24 heavy (non-hydrogen) atoms. The van der Waals surface area contributed by atoms with Gasteiger partial charge in [0, 0.05) is 19.4 Å². The lowest BCUT2D eigenvalue weighted by Crippen LogP contribution is -2.51. The number of hydrogen-bond acceptors (Lipinski definition) is 4. The monoisotopic (exact) mass is 351 g/mol. The topological polar surface area (TPSA) is 72.5 Å². The van der Waals surface area contributed by atoms with Crippen molar-refractivity contribution in [1.29, 1.82) is 0 Å². The molecule has 3 rings (SSSR count). The van der Waals surface area contributed by atoms with Gasteiger partial charge in [0.25, 0.3) is 0 Å². The number of carbonyl (C=O) groups is 1. The van der Waals surface area contributed by atoms with Crippen LogP contribution < -0.4 is 5.32 Å². The number of rotatable bonds is 5. The quantitative estimate of drug-likeness (QED) is 0.883. The summed E-state index contributed by atoms with van der Waals surface area (Å²) in [5.41, 5.74) is 0.397. The van der Waals surface area contributed by atoms with Gasteiger partial charge in [0.1, 0.15) is 0 Å². The lowest BCUT2D eigenvalue weighted by Gasteiger charge is -2.41. The number of hydrogen-bond donors (Lipinski definition) is 1. The van der Waals surface area contributed by atoms with E-state index in [1.54, 1.807) is 24.3 Å². The van der Waals surface area contributed by atoms with Gasteiger partial charge >= 0.3 is 0 Å². The summed E-state index contributed by atoms with van der Waals surface area (Å²) in [6, 6.07) is 6.77. The molecule has 2 fully saturated rings. The summed E-state index contributed by atoms with van der Waals surface area (Å²) in [7, 11) is -3.22. The highest BCUT2D eigenvalue weighted by atomic mass is 32.2. The Bertz CT molecular complexity index is 686. The van der Waals surface area contributed by atoms with Gasteiger partial charge in [-0.1, -0.05) is 18.6 Å². The second-order valence-electron chi connectivity index (χ2n) is 6.93. The SMILES string of the molecule is CS(=O)(=O)c1ccc(C2(C(=O)NC[C@@H]3CCCCO3)CCC2)cc1. The summed E-state index contributed by atoms with van der Waals surface area (Å²) >= 11 is 0. The van der Waals surface area contributed by atoms with Crippen LogP contribution in [0.5, 0.6) is 0 Å². The second kappa shape index (κ2) is 6.84. The molecule has 5 nitrogen and oxygen atoms in total. The molecule has 6 heteroatoms. The minimum absolute atomic E-state index is 0.0371. The van der Waals surface area contributed by atoms with E-state index in [1.165, 1.54) is 6.26 Å². The summed E-state index contributed by atoms with van der Waals surface area (Å²) in [6.45, 7) is 1.33. The number of benzene rings is 1. The van der Waals surface area contributed by atoms with Crippen LogP contribution in [-0.4, -0.2) is 39.8 Å². The fourth-order valence-corrected chi connectivity index (χ4v) is 4.17. The molecular formula is C18H25NO4S. The molecule has 1 aliphatic heterocycles. The van der Waals surface area contributed by atoms with E-state index in [2.05, 4.69) is 5.32 Å². The number of sulfone groups is 1. The van der Waals surface area contributed by atoms with Crippen LogP contribution in [0.4, 0.5) is 0 Å². The van der Waals surface area contributed by atoms with Gasteiger partial charge in [0.05, 0.1) is 16.4 Å². The molecule has 0 radical (unpaired) electrons. The van der Waals surface area contributed by atoms with Crippen molar-refractivity contribution in [2.75, 3.05) is 19.4 Å². The van der Waals surface area contributed by atoms with E-state index >= 15 is 0 Å². The predicted octanol–water partition coefficient (Wildman–Crippen LogP) is 2.20. The zero-order valence-electron chi connectivity index (χ0n) is 14.1. The molecule has 1 atom stereocenters. The van der Waals surface area contributed by atoms with Crippen LogP contribution in [0.25, 0.3) is 0 Å². The van der Waals surface area contributed by atoms with Crippen LogP contribution >= 0.6 is 0 Å². The van der Waals surface area contributed by atoms with Gasteiger partial charge in [-0.2, -0.15) is 0 Å². The molecule has 1 aromatic rings. The summed E-state index contributed by atoms with van der Waals surface area (Å²) in [6.07, 6.45) is 7.19. The number of amides is 1. The molecule has 1 amide bonds. The molecule has 0 bridgehead atoms. The highest BCUT2D eigenvalue weighted by molar-refractivity contribution is 7.90. The van der Waals surface area contributed by atoms with Crippen molar-refractivity contribution in [2.45, 2.75) is 54.9 Å². The number of carbonyl (C=O) groups excluding carboxylic acids is 1. The molecule has 132 valence electrons. The molecule has 1 N–H and O–H groups in total. The smallest absolute Gasteiger partial charge is 0.230 e. The highest BCUT2D eigenvalue weighted by Gasteiger charge is 2.45. The largest absolute Gasteiger partial charge is 0.376 e. The molecule has 0 aromatic heterocycles. The maximum absolute atomic E-state index is 12.8. The van der Waals surface area contributed by atoms with Crippen molar-refractivity contribution in [2.24, 2.45) is 0 Å². The number of nitrogens with one attached hydrogen (secondary N) is 1.